The highest BCUT2D eigenvalue weighted by atomic mass is 35.5. The highest BCUT2D eigenvalue weighted by molar-refractivity contribution is 6.30. The Labute approximate surface area is 123 Å². The van der Waals surface area contributed by atoms with Gasteiger partial charge >= 0.3 is 5.97 Å². The van der Waals surface area contributed by atoms with Crippen LogP contribution in [0.3, 0.4) is 0 Å². The lowest BCUT2D eigenvalue weighted by Gasteiger charge is -2.33. The number of carboxylic acid groups (broad SMARTS) is 1. The van der Waals surface area contributed by atoms with Gasteiger partial charge in [0.1, 0.15) is 6.07 Å². The molecule has 20 heavy (non-hydrogen) atoms. The predicted molar refractivity (Wildman–Crippen MR) is 77.8 cm³/mol. The van der Waals surface area contributed by atoms with Crippen LogP contribution < -0.4 is 5.32 Å². The van der Waals surface area contributed by atoms with E-state index in [1.807, 2.05) is 0 Å². The van der Waals surface area contributed by atoms with Gasteiger partial charge in [-0.3, -0.25) is 4.79 Å². The summed E-state index contributed by atoms with van der Waals surface area (Å²) in [6.45, 7) is 0.346. The Bertz CT molecular complexity index is 545. The molecular formula is C15H17ClN2O2. The van der Waals surface area contributed by atoms with Crippen LogP contribution in [0.25, 0.3) is 0 Å². The van der Waals surface area contributed by atoms with Crippen LogP contribution in [0.4, 0.5) is 5.69 Å². The number of benzene rings is 1. The number of carbonyl (C=O) groups is 1. The van der Waals surface area contributed by atoms with E-state index in [4.69, 9.17) is 16.9 Å². The van der Waals surface area contributed by atoms with Crippen molar-refractivity contribution >= 4 is 23.3 Å². The number of aliphatic carboxylic acids is 1. The van der Waals surface area contributed by atoms with Crippen molar-refractivity contribution in [3.8, 4) is 6.07 Å². The number of hydrogen-bond acceptors (Lipinski definition) is 3. The fourth-order valence-electron chi connectivity index (χ4n) is 2.72. The summed E-state index contributed by atoms with van der Waals surface area (Å²) in [4.78, 5) is 11.6. The van der Waals surface area contributed by atoms with Gasteiger partial charge in [0.05, 0.1) is 16.7 Å². The molecule has 2 rings (SSSR count). The molecule has 106 valence electrons. The molecule has 1 fully saturated rings. The van der Waals surface area contributed by atoms with E-state index in [1.165, 1.54) is 0 Å². The van der Waals surface area contributed by atoms with Gasteiger partial charge in [0, 0.05) is 11.6 Å². The Hall–Kier alpha value is -1.73. The lowest BCUT2D eigenvalue weighted by molar-refractivity contribution is -0.150. The van der Waals surface area contributed by atoms with Gasteiger partial charge in [0.2, 0.25) is 0 Å². The largest absolute Gasteiger partial charge is 0.481 e. The zero-order valence-electron chi connectivity index (χ0n) is 11.2. The fraction of sp³-hybridized carbons (Fsp3) is 0.467. The van der Waals surface area contributed by atoms with Gasteiger partial charge in [0.15, 0.2) is 0 Å². The van der Waals surface area contributed by atoms with E-state index >= 15 is 0 Å². The SMILES string of the molecule is N#Cc1cc(Cl)ccc1NCC1(C(=O)O)CCCCC1. The van der Waals surface area contributed by atoms with Crippen molar-refractivity contribution in [1.82, 2.24) is 0 Å². The number of anilines is 1. The van der Waals surface area contributed by atoms with Crippen molar-refractivity contribution < 1.29 is 9.90 Å². The molecule has 5 heteroatoms. The molecule has 0 spiro atoms. The zero-order valence-corrected chi connectivity index (χ0v) is 11.9. The van der Waals surface area contributed by atoms with Crippen molar-refractivity contribution in [2.45, 2.75) is 32.1 Å². The van der Waals surface area contributed by atoms with E-state index in [0.29, 0.717) is 35.7 Å². The molecule has 1 aliphatic rings. The summed E-state index contributed by atoms with van der Waals surface area (Å²) in [5, 5.41) is 22.2. The van der Waals surface area contributed by atoms with Crippen molar-refractivity contribution in [2.24, 2.45) is 5.41 Å². The second kappa shape index (κ2) is 6.15. The summed E-state index contributed by atoms with van der Waals surface area (Å²) in [7, 11) is 0. The Balaban J connectivity index is 2.14. The van der Waals surface area contributed by atoms with Crippen molar-refractivity contribution in [1.29, 1.82) is 5.26 Å². The maximum Gasteiger partial charge on any atom is 0.311 e. The zero-order chi connectivity index (χ0) is 14.6. The van der Waals surface area contributed by atoms with Gasteiger partial charge in [-0.1, -0.05) is 30.9 Å². The molecule has 4 nitrogen and oxygen atoms in total. The van der Waals surface area contributed by atoms with Crippen LogP contribution in [-0.2, 0) is 4.79 Å². The minimum atomic E-state index is -0.753. The van der Waals surface area contributed by atoms with Crippen LogP contribution in [0.5, 0.6) is 0 Å². The maximum atomic E-state index is 11.6. The summed E-state index contributed by atoms with van der Waals surface area (Å²) in [6.07, 6.45) is 4.36. The predicted octanol–water partition coefficient (Wildman–Crippen LogP) is 3.66. The number of halogens is 1. The highest BCUT2D eigenvalue weighted by Crippen LogP contribution is 2.37. The van der Waals surface area contributed by atoms with E-state index in [9.17, 15) is 9.90 Å². The second-order valence-electron chi connectivity index (χ2n) is 5.30. The molecule has 0 radical (unpaired) electrons. The topological polar surface area (TPSA) is 73.1 Å². The van der Waals surface area contributed by atoms with E-state index in [0.717, 1.165) is 19.3 Å². The summed E-state index contributed by atoms with van der Waals surface area (Å²) in [6, 6.07) is 7.07. The van der Waals surface area contributed by atoms with Crippen LogP contribution in [0, 0.1) is 16.7 Å². The van der Waals surface area contributed by atoms with Gasteiger partial charge in [-0.25, -0.2) is 0 Å². The molecule has 0 bridgehead atoms. The summed E-state index contributed by atoms with van der Waals surface area (Å²) in [5.74, 6) is -0.753. The Morgan fingerprint density at radius 2 is 2.10 bits per heavy atom. The van der Waals surface area contributed by atoms with E-state index in [2.05, 4.69) is 11.4 Å². The second-order valence-corrected chi connectivity index (χ2v) is 5.74. The average Bonchev–Trinajstić information content (AvgIpc) is 2.46. The minimum absolute atomic E-state index is 0.346. The average molecular weight is 293 g/mol. The van der Waals surface area contributed by atoms with Crippen molar-refractivity contribution in [3.63, 3.8) is 0 Å². The molecule has 0 unspecified atom stereocenters. The molecule has 0 amide bonds. The smallest absolute Gasteiger partial charge is 0.311 e. The van der Waals surface area contributed by atoms with Gasteiger partial charge in [0.25, 0.3) is 0 Å². The summed E-state index contributed by atoms with van der Waals surface area (Å²) < 4.78 is 0. The van der Waals surface area contributed by atoms with E-state index in [1.54, 1.807) is 18.2 Å². The third kappa shape index (κ3) is 3.05. The van der Waals surface area contributed by atoms with Gasteiger partial charge < -0.3 is 10.4 Å². The van der Waals surface area contributed by atoms with Gasteiger partial charge in [-0.2, -0.15) is 5.26 Å². The lowest BCUT2D eigenvalue weighted by atomic mass is 9.74. The lowest BCUT2D eigenvalue weighted by Crippen LogP contribution is -2.39. The van der Waals surface area contributed by atoms with Crippen molar-refractivity contribution in [2.75, 3.05) is 11.9 Å². The number of carboxylic acids is 1. The molecule has 1 aromatic carbocycles. The Morgan fingerprint density at radius 1 is 1.40 bits per heavy atom. The minimum Gasteiger partial charge on any atom is -0.481 e. The van der Waals surface area contributed by atoms with Crippen LogP contribution in [0.2, 0.25) is 5.02 Å². The van der Waals surface area contributed by atoms with Crippen LogP contribution in [-0.4, -0.2) is 17.6 Å². The molecule has 0 aromatic heterocycles. The molecule has 1 aromatic rings. The van der Waals surface area contributed by atoms with Crippen LogP contribution >= 0.6 is 11.6 Å². The first-order chi connectivity index (χ1) is 9.57. The van der Waals surface area contributed by atoms with E-state index in [-0.39, 0.29) is 0 Å². The number of nitrogens with one attached hydrogen (secondary N) is 1. The number of rotatable bonds is 4. The number of nitrogens with zero attached hydrogens (tertiary/aromatic N) is 1. The molecular weight excluding hydrogens is 276 g/mol. The standard InChI is InChI=1S/C15H17ClN2O2/c16-12-4-5-13(11(8-12)9-17)18-10-15(14(19)20)6-2-1-3-7-15/h4-5,8,18H,1-3,6-7,10H2,(H,19,20). The molecule has 0 aliphatic heterocycles. The molecule has 0 heterocycles. The Morgan fingerprint density at radius 3 is 2.70 bits per heavy atom. The normalized spacial score (nSPS) is 17.2. The van der Waals surface area contributed by atoms with Crippen LogP contribution in [0.1, 0.15) is 37.7 Å². The monoisotopic (exact) mass is 292 g/mol. The van der Waals surface area contributed by atoms with Gasteiger partial charge in [-0.15, -0.1) is 0 Å². The first kappa shape index (κ1) is 14.7. The van der Waals surface area contributed by atoms with Crippen molar-refractivity contribution in [3.05, 3.63) is 28.8 Å². The summed E-state index contributed by atoms with van der Waals surface area (Å²) >= 11 is 5.85. The molecule has 1 saturated carbocycles. The summed E-state index contributed by atoms with van der Waals surface area (Å²) in [5.41, 5.74) is 0.363. The molecule has 1 aliphatic carbocycles. The third-order valence-electron chi connectivity index (χ3n) is 3.98. The first-order valence-electron chi connectivity index (χ1n) is 6.74. The number of nitriles is 1. The van der Waals surface area contributed by atoms with Crippen LogP contribution in [0.15, 0.2) is 18.2 Å². The maximum absolute atomic E-state index is 11.6. The van der Waals surface area contributed by atoms with E-state index < -0.39 is 11.4 Å². The Kier molecular flexibility index (Phi) is 4.51. The molecule has 2 N–H and O–H groups in total. The quantitative estimate of drug-likeness (QED) is 0.888. The highest BCUT2D eigenvalue weighted by Gasteiger charge is 2.39. The fourth-order valence-corrected chi connectivity index (χ4v) is 2.89. The number of hydrogen-bond donors (Lipinski definition) is 2. The molecule has 0 atom stereocenters. The first-order valence-corrected chi connectivity index (χ1v) is 7.12. The third-order valence-corrected chi connectivity index (χ3v) is 4.22. The molecule has 0 saturated heterocycles. The van der Waals surface area contributed by atoms with Gasteiger partial charge in [-0.05, 0) is 31.0 Å².